The molecular weight excluding hydrogens is 238 g/mol. The summed E-state index contributed by atoms with van der Waals surface area (Å²) in [6.07, 6.45) is 10.3. The average molecular weight is 263 g/mol. The molecule has 4 rings (SSSR count). The van der Waals surface area contributed by atoms with Crippen molar-refractivity contribution in [3.63, 3.8) is 0 Å². The highest BCUT2D eigenvalue weighted by atomic mass is 32.1. The van der Waals surface area contributed by atoms with Crippen LogP contribution < -0.4 is 0 Å². The van der Waals surface area contributed by atoms with Crippen molar-refractivity contribution < 1.29 is 0 Å². The van der Waals surface area contributed by atoms with Gasteiger partial charge in [0.15, 0.2) is 0 Å². The van der Waals surface area contributed by atoms with Crippen LogP contribution in [-0.2, 0) is 0 Å². The van der Waals surface area contributed by atoms with Crippen LogP contribution >= 0.6 is 12.2 Å². The van der Waals surface area contributed by atoms with Crippen LogP contribution in [0.1, 0.15) is 51.9 Å². The van der Waals surface area contributed by atoms with Crippen LogP contribution in [0.2, 0.25) is 0 Å². The molecule has 18 heavy (non-hydrogen) atoms. The van der Waals surface area contributed by atoms with Gasteiger partial charge in [-0.05, 0) is 86.3 Å². The van der Waals surface area contributed by atoms with E-state index in [0.717, 1.165) is 42.1 Å². The Hall–Kier alpha value is -0.200. The number of thiocarbonyl (C=S) groups is 1. The van der Waals surface area contributed by atoms with E-state index in [-0.39, 0.29) is 0 Å². The molecule has 1 unspecified atom stereocenters. The molecule has 4 aliphatic rings. The van der Waals surface area contributed by atoms with E-state index in [1.807, 2.05) is 0 Å². The van der Waals surface area contributed by atoms with Crippen LogP contribution in [-0.4, -0.2) is 11.7 Å². The van der Waals surface area contributed by atoms with Crippen molar-refractivity contribution in [2.75, 3.05) is 6.54 Å². The van der Waals surface area contributed by atoms with Crippen molar-refractivity contribution in [2.24, 2.45) is 40.5 Å². The van der Waals surface area contributed by atoms with Gasteiger partial charge in [0, 0.05) is 0 Å². The van der Waals surface area contributed by atoms with E-state index >= 15 is 0 Å². The summed E-state index contributed by atoms with van der Waals surface area (Å²) < 4.78 is 0. The fourth-order valence-corrected chi connectivity index (χ4v) is 5.74. The van der Waals surface area contributed by atoms with E-state index in [1.54, 1.807) is 6.42 Å². The van der Waals surface area contributed by atoms with Gasteiger partial charge in [-0.15, -0.1) is 0 Å². The maximum Gasteiger partial charge on any atom is 0.0585 e. The number of hydrogen-bond acceptors (Lipinski definition) is 2. The number of nitrogens with zero attached hydrogens (tertiary/aromatic N) is 1. The topological polar surface area (TPSA) is 12.4 Å². The highest BCUT2D eigenvalue weighted by Gasteiger charge is 2.49. The molecule has 1 atom stereocenters. The minimum Gasteiger partial charge on any atom is -0.232 e. The summed E-state index contributed by atoms with van der Waals surface area (Å²) in [5, 5.41) is 2.59. The van der Waals surface area contributed by atoms with Crippen LogP contribution in [0, 0.1) is 35.5 Å². The third-order valence-electron chi connectivity index (χ3n) is 5.89. The molecule has 100 valence electrons. The zero-order valence-electron chi connectivity index (χ0n) is 11.5. The molecule has 0 aromatic rings. The normalized spacial score (nSPS) is 42.6. The van der Waals surface area contributed by atoms with Crippen LogP contribution in [0.5, 0.6) is 0 Å². The third-order valence-corrected chi connectivity index (χ3v) is 6.02. The molecule has 0 N–H and O–H groups in total. The molecule has 0 radical (unpaired) electrons. The van der Waals surface area contributed by atoms with Gasteiger partial charge in [-0.3, -0.25) is 0 Å². The molecule has 0 aliphatic heterocycles. The molecule has 4 bridgehead atoms. The van der Waals surface area contributed by atoms with E-state index in [9.17, 15) is 0 Å². The molecule has 0 amide bonds. The van der Waals surface area contributed by atoms with Gasteiger partial charge in [-0.1, -0.05) is 13.3 Å². The first-order valence-electron chi connectivity index (χ1n) is 7.85. The number of aliphatic imine (C=N–C) groups is 1. The maximum atomic E-state index is 4.77. The van der Waals surface area contributed by atoms with Gasteiger partial charge >= 0.3 is 0 Å². The Bertz CT molecular complexity index is 317. The monoisotopic (exact) mass is 263 g/mol. The van der Waals surface area contributed by atoms with Crippen LogP contribution in [0.3, 0.4) is 0 Å². The van der Waals surface area contributed by atoms with E-state index in [2.05, 4.69) is 17.1 Å². The second-order valence-corrected chi connectivity index (χ2v) is 7.17. The smallest absolute Gasteiger partial charge is 0.0585 e. The SMILES string of the molecule is CCCC(CN=C=S)C1C2CC3CC(C2)CC1C3. The summed E-state index contributed by atoms with van der Waals surface area (Å²) >= 11 is 4.77. The van der Waals surface area contributed by atoms with Crippen molar-refractivity contribution in [2.45, 2.75) is 51.9 Å². The Morgan fingerprint density at radius 1 is 1.11 bits per heavy atom. The first-order chi connectivity index (χ1) is 8.81. The van der Waals surface area contributed by atoms with Crippen molar-refractivity contribution in [1.29, 1.82) is 0 Å². The van der Waals surface area contributed by atoms with Crippen LogP contribution in [0.15, 0.2) is 4.99 Å². The van der Waals surface area contributed by atoms with Gasteiger partial charge in [0.25, 0.3) is 0 Å². The van der Waals surface area contributed by atoms with E-state index in [1.165, 1.54) is 38.5 Å². The molecule has 0 aromatic carbocycles. The summed E-state index contributed by atoms with van der Waals surface area (Å²) in [5.74, 6) is 5.97. The van der Waals surface area contributed by atoms with Crippen molar-refractivity contribution >= 4 is 17.4 Å². The number of hydrogen-bond donors (Lipinski definition) is 0. The maximum absolute atomic E-state index is 4.77. The molecule has 0 spiro atoms. The summed E-state index contributed by atoms with van der Waals surface area (Å²) in [5.41, 5.74) is 0. The molecule has 4 fully saturated rings. The van der Waals surface area contributed by atoms with Gasteiger partial charge in [-0.2, -0.15) is 0 Å². The lowest BCUT2D eigenvalue weighted by Gasteiger charge is -2.56. The lowest BCUT2D eigenvalue weighted by Crippen LogP contribution is -2.48. The third kappa shape index (κ3) is 2.30. The van der Waals surface area contributed by atoms with Crippen molar-refractivity contribution in [1.82, 2.24) is 0 Å². The fourth-order valence-electron chi connectivity index (χ4n) is 5.67. The first-order valence-corrected chi connectivity index (χ1v) is 8.26. The second-order valence-electron chi connectivity index (χ2n) is 6.99. The van der Waals surface area contributed by atoms with Gasteiger partial charge in [-0.25, -0.2) is 4.99 Å². The molecular formula is C16H25NS. The summed E-state index contributed by atoms with van der Waals surface area (Å²) in [4.78, 5) is 4.29. The minimum absolute atomic E-state index is 0.792. The Kier molecular flexibility index (Phi) is 3.86. The molecule has 4 aliphatic carbocycles. The second kappa shape index (κ2) is 5.43. The Morgan fingerprint density at radius 2 is 1.72 bits per heavy atom. The molecule has 0 aromatic heterocycles. The van der Waals surface area contributed by atoms with Gasteiger partial charge in [0.05, 0.1) is 11.7 Å². The molecule has 4 saturated carbocycles. The highest BCUT2D eigenvalue weighted by molar-refractivity contribution is 7.78. The summed E-state index contributed by atoms with van der Waals surface area (Å²) in [6.45, 7) is 3.26. The predicted molar refractivity (Wildman–Crippen MR) is 78.8 cm³/mol. The zero-order valence-corrected chi connectivity index (χ0v) is 12.3. The lowest BCUT2D eigenvalue weighted by molar-refractivity contribution is -0.0613. The average Bonchev–Trinajstić information content (AvgIpc) is 2.34. The Balaban J connectivity index is 1.74. The van der Waals surface area contributed by atoms with Gasteiger partial charge < -0.3 is 0 Å². The number of isothiocyanates is 1. The molecule has 0 heterocycles. The quantitative estimate of drug-likeness (QED) is 0.522. The van der Waals surface area contributed by atoms with Crippen LogP contribution in [0.25, 0.3) is 0 Å². The summed E-state index contributed by atoms with van der Waals surface area (Å²) in [6, 6.07) is 0. The van der Waals surface area contributed by atoms with Crippen LogP contribution in [0.4, 0.5) is 0 Å². The lowest BCUT2D eigenvalue weighted by atomic mass is 9.49. The van der Waals surface area contributed by atoms with E-state index in [4.69, 9.17) is 12.2 Å². The van der Waals surface area contributed by atoms with Crippen molar-refractivity contribution in [3.05, 3.63) is 0 Å². The van der Waals surface area contributed by atoms with Crippen molar-refractivity contribution in [3.8, 4) is 0 Å². The van der Waals surface area contributed by atoms with E-state index < -0.39 is 0 Å². The van der Waals surface area contributed by atoms with Gasteiger partial charge in [0.2, 0.25) is 0 Å². The molecule has 1 nitrogen and oxygen atoms in total. The number of rotatable bonds is 5. The van der Waals surface area contributed by atoms with E-state index in [0.29, 0.717) is 0 Å². The highest BCUT2D eigenvalue weighted by Crippen LogP contribution is 2.58. The largest absolute Gasteiger partial charge is 0.232 e. The van der Waals surface area contributed by atoms with Gasteiger partial charge in [0.1, 0.15) is 0 Å². The fraction of sp³-hybridized carbons (Fsp3) is 0.938. The molecule has 0 saturated heterocycles. The zero-order chi connectivity index (χ0) is 12.5. The first kappa shape index (κ1) is 12.8. The Labute approximate surface area is 116 Å². The standard InChI is InChI=1S/C16H25NS/c1-2-3-13(9-17-10-18)16-14-5-11-4-12(7-14)8-15(16)6-11/h11-16H,2-9H2,1H3. The Morgan fingerprint density at radius 3 is 2.22 bits per heavy atom. The predicted octanol–water partition coefficient (Wildman–Crippen LogP) is 4.58. The summed E-state index contributed by atoms with van der Waals surface area (Å²) in [7, 11) is 0. The minimum atomic E-state index is 0.792. The molecule has 2 heteroatoms.